The van der Waals surface area contributed by atoms with Crippen LogP contribution in [0.15, 0.2) is 18.3 Å². The molecule has 1 aromatic heterocycles. The van der Waals surface area contributed by atoms with Gasteiger partial charge in [0.2, 0.25) is 5.91 Å². The summed E-state index contributed by atoms with van der Waals surface area (Å²) in [6.45, 7) is 2.40. The van der Waals surface area contributed by atoms with Gasteiger partial charge in [-0.25, -0.2) is 4.98 Å². The second-order valence-electron chi connectivity index (χ2n) is 5.96. The van der Waals surface area contributed by atoms with Crippen LogP contribution in [0.5, 0.6) is 0 Å². The van der Waals surface area contributed by atoms with Crippen molar-refractivity contribution < 1.29 is 4.79 Å². The van der Waals surface area contributed by atoms with Crippen LogP contribution in [0, 0.1) is 11.3 Å². The number of nitrogens with zero attached hydrogens (tertiary/aromatic N) is 4. The minimum atomic E-state index is 0.259. The van der Waals surface area contributed by atoms with Crippen molar-refractivity contribution in [2.45, 2.75) is 31.3 Å². The summed E-state index contributed by atoms with van der Waals surface area (Å²) in [5.74, 6) is 1.16. The van der Waals surface area contributed by atoms with Crippen molar-refractivity contribution in [3.63, 3.8) is 0 Å². The van der Waals surface area contributed by atoms with Gasteiger partial charge in [0.1, 0.15) is 11.9 Å². The van der Waals surface area contributed by atoms with Gasteiger partial charge < -0.3 is 15.1 Å². The average molecular weight is 299 g/mol. The van der Waals surface area contributed by atoms with E-state index in [1.54, 1.807) is 12.3 Å². The molecule has 0 radical (unpaired) electrons. The molecular formula is C16H21N5O. The third-order valence-electron chi connectivity index (χ3n) is 4.56. The number of rotatable bonds is 4. The quantitative estimate of drug-likeness (QED) is 0.888. The Hall–Kier alpha value is -2.13. The number of piperazine rings is 1. The van der Waals surface area contributed by atoms with Crippen molar-refractivity contribution in [3.05, 3.63) is 23.9 Å². The number of carbonyl (C=O) groups excluding carboxylic acids is 1. The predicted octanol–water partition coefficient (Wildman–Crippen LogP) is 0.742. The maximum absolute atomic E-state index is 12.4. The first-order chi connectivity index (χ1) is 10.7. The topological polar surface area (TPSA) is 72.3 Å². The van der Waals surface area contributed by atoms with Crippen LogP contribution in [-0.2, 0) is 4.79 Å². The molecule has 2 fully saturated rings. The fourth-order valence-electron chi connectivity index (χ4n) is 3.50. The van der Waals surface area contributed by atoms with Crippen molar-refractivity contribution in [3.8, 4) is 6.07 Å². The van der Waals surface area contributed by atoms with Gasteiger partial charge in [0.25, 0.3) is 0 Å². The van der Waals surface area contributed by atoms with Gasteiger partial charge in [-0.05, 0) is 32.0 Å². The third kappa shape index (κ3) is 2.77. The minimum Gasteiger partial charge on any atom is -0.352 e. The maximum Gasteiger partial charge on any atom is 0.224 e. The lowest BCUT2D eigenvalue weighted by molar-refractivity contribution is -0.134. The van der Waals surface area contributed by atoms with E-state index < -0.39 is 0 Å². The first-order valence-corrected chi connectivity index (χ1v) is 7.80. The zero-order valence-corrected chi connectivity index (χ0v) is 12.8. The number of nitrogens with one attached hydrogen (secondary N) is 1. The van der Waals surface area contributed by atoms with Gasteiger partial charge >= 0.3 is 0 Å². The molecule has 2 aliphatic rings. The van der Waals surface area contributed by atoms with E-state index in [9.17, 15) is 4.79 Å². The number of aromatic nitrogens is 1. The molecule has 2 unspecified atom stereocenters. The van der Waals surface area contributed by atoms with Crippen molar-refractivity contribution >= 4 is 11.7 Å². The molecular weight excluding hydrogens is 278 g/mol. The summed E-state index contributed by atoms with van der Waals surface area (Å²) in [7, 11) is 1.87. The Morgan fingerprint density at radius 1 is 1.41 bits per heavy atom. The molecule has 0 aromatic carbocycles. The van der Waals surface area contributed by atoms with E-state index in [0.717, 1.165) is 38.3 Å². The highest BCUT2D eigenvalue weighted by Gasteiger charge is 2.42. The molecule has 1 aromatic rings. The third-order valence-corrected chi connectivity index (χ3v) is 4.56. The molecule has 0 spiro atoms. The van der Waals surface area contributed by atoms with Gasteiger partial charge in [0.15, 0.2) is 0 Å². The van der Waals surface area contributed by atoms with Gasteiger partial charge in [-0.3, -0.25) is 4.79 Å². The van der Waals surface area contributed by atoms with Crippen LogP contribution in [0.25, 0.3) is 0 Å². The number of nitriles is 1. The fourth-order valence-corrected chi connectivity index (χ4v) is 3.50. The second-order valence-corrected chi connectivity index (χ2v) is 5.96. The normalized spacial score (nSPS) is 23.5. The van der Waals surface area contributed by atoms with Gasteiger partial charge in [-0.15, -0.1) is 0 Å². The molecule has 3 rings (SSSR count). The van der Waals surface area contributed by atoms with Gasteiger partial charge in [0, 0.05) is 44.3 Å². The SMILES string of the molecule is CNCCC(=O)N1C2CCC1CN(c1ccc(C#N)cn1)C2. The lowest BCUT2D eigenvalue weighted by atomic mass is 10.1. The Kier molecular flexibility index (Phi) is 4.25. The molecule has 2 saturated heterocycles. The van der Waals surface area contributed by atoms with Gasteiger partial charge in [-0.2, -0.15) is 5.26 Å². The summed E-state index contributed by atoms with van der Waals surface area (Å²) < 4.78 is 0. The molecule has 6 heteroatoms. The van der Waals surface area contributed by atoms with E-state index in [2.05, 4.69) is 26.2 Å². The summed E-state index contributed by atoms with van der Waals surface area (Å²) in [5.41, 5.74) is 0.576. The molecule has 2 bridgehead atoms. The number of anilines is 1. The highest BCUT2D eigenvalue weighted by molar-refractivity contribution is 5.78. The van der Waals surface area contributed by atoms with Gasteiger partial charge in [0.05, 0.1) is 5.56 Å². The summed E-state index contributed by atoms with van der Waals surface area (Å²) >= 11 is 0. The average Bonchev–Trinajstić information content (AvgIpc) is 2.82. The number of hydrogen-bond donors (Lipinski definition) is 1. The monoisotopic (exact) mass is 299 g/mol. The summed E-state index contributed by atoms with van der Waals surface area (Å²) in [4.78, 5) is 21.1. The molecule has 22 heavy (non-hydrogen) atoms. The lowest BCUT2D eigenvalue weighted by Crippen LogP contribution is -2.56. The lowest BCUT2D eigenvalue weighted by Gasteiger charge is -2.41. The Morgan fingerprint density at radius 2 is 2.14 bits per heavy atom. The van der Waals surface area contributed by atoms with E-state index in [-0.39, 0.29) is 5.91 Å². The number of fused-ring (bicyclic) bond motifs is 2. The molecule has 1 N–H and O–H groups in total. The zero-order valence-electron chi connectivity index (χ0n) is 12.8. The van der Waals surface area contributed by atoms with Gasteiger partial charge in [-0.1, -0.05) is 0 Å². The van der Waals surface area contributed by atoms with Crippen molar-refractivity contribution in [2.24, 2.45) is 0 Å². The Morgan fingerprint density at radius 3 is 2.68 bits per heavy atom. The summed E-state index contributed by atoms with van der Waals surface area (Å²) in [6.07, 6.45) is 4.33. The second kappa shape index (κ2) is 6.32. The molecule has 0 saturated carbocycles. The molecule has 2 aliphatic heterocycles. The number of hydrogen-bond acceptors (Lipinski definition) is 5. The van der Waals surface area contributed by atoms with Crippen molar-refractivity contribution in [2.75, 3.05) is 31.6 Å². The summed E-state index contributed by atoms with van der Waals surface area (Å²) in [6, 6.07) is 6.37. The van der Waals surface area contributed by atoms with Crippen LogP contribution in [0.4, 0.5) is 5.82 Å². The number of amides is 1. The molecule has 116 valence electrons. The Labute approximate surface area is 130 Å². The van der Waals surface area contributed by atoms with E-state index >= 15 is 0 Å². The predicted molar refractivity (Wildman–Crippen MR) is 83.4 cm³/mol. The van der Waals surface area contributed by atoms with Crippen LogP contribution in [-0.4, -0.2) is 54.6 Å². The standard InChI is InChI=1S/C16H21N5O/c1-18-7-6-16(22)21-13-3-4-14(21)11-20(10-13)15-5-2-12(8-17)9-19-15/h2,5,9,13-14,18H,3-4,6-7,10-11H2,1H3. The highest BCUT2D eigenvalue weighted by atomic mass is 16.2. The molecule has 3 heterocycles. The largest absolute Gasteiger partial charge is 0.352 e. The van der Waals surface area contributed by atoms with Crippen LogP contribution in [0.3, 0.4) is 0 Å². The van der Waals surface area contributed by atoms with Crippen LogP contribution >= 0.6 is 0 Å². The first-order valence-electron chi connectivity index (χ1n) is 7.80. The van der Waals surface area contributed by atoms with E-state index in [1.165, 1.54) is 0 Å². The van der Waals surface area contributed by atoms with Crippen LogP contribution in [0.2, 0.25) is 0 Å². The molecule has 0 aliphatic carbocycles. The maximum atomic E-state index is 12.4. The van der Waals surface area contributed by atoms with Crippen molar-refractivity contribution in [1.29, 1.82) is 5.26 Å². The Bertz CT molecular complexity index is 565. The van der Waals surface area contributed by atoms with E-state index in [0.29, 0.717) is 24.1 Å². The fraction of sp³-hybridized carbons (Fsp3) is 0.562. The van der Waals surface area contributed by atoms with Crippen LogP contribution in [0.1, 0.15) is 24.8 Å². The smallest absolute Gasteiger partial charge is 0.224 e. The zero-order chi connectivity index (χ0) is 15.5. The van der Waals surface area contributed by atoms with E-state index in [4.69, 9.17) is 5.26 Å². The Balaban J connectivity index is 1.69. The minimum absolute atomic E-state index is 0.259. The first kappa shape index (κ1) is 14.8. The number of pyridine rings is 1. The van der Waals surface area contributed by atoms with Crippen molar-refractivity contribution in [1.82, 2.24) is 15.2 Å². The number of carbonyl (C=O) groups is 1. The molecule has 1 amide bonds. The summed E-state index contributed by atoms with van der Waals surface area (Å²) in [5, 5.41) is 11.9. The van der Waals surface area contributed by atoms with Crippen LogP contribution < -0.4 is 10.2 Å². The highest BCUT2D eigenvalue weighted by Crippen LogP contribution is 2.32. The molecule has 2 atom stereocenters. The molecule has 6 nitrogen and oxygen atoms in total. The van der Waals surface area contributed by atoms with E-state index in [1.807, 2.05) is 13.1 Å².